The number of morpholine rings is 1. The van der Waals surface area contributed by atoms with E-state index in [-0.39, 0.29) is 11.7 Å². The van der Waals surface area contributed by atoms with E-state index in [9.17, 15) is 9.18 Å². The van der Waals surface area contributed by atoms with Crippen molar-refractivity contribution in [2.24, 2.45) is 0 Å². The highest BCUT2D eigenvalue weighted by molar-refractivity contribution is 7.22. The highest BCUT2D eigenvalue weighted by Crippen LogP contribution is 2.30. The zero-order chi connectivity index (χ0) is 21.6. The monoisotopic (exact) mass is 459 g/mol. The SMILES string of the molecule is O=C(/C=C/c1ccccc1Cl)N(CCCN1CCOCC1)c1nc2c(F)cccc2s1. The predicted octanol–water partition coefficient (Wildman–Crippen LogP) is 4.86. The number of fused-ring (bicyclic) bond motifs is 1. The number of carbonyl (C=O) groups is 1. The van der Waals surface area contributed by atoms with Crippen LogP contribution in [0.2, 0.25) is 5.02 Å². The van der Waals surface area contributed by atoms with Crippen LogP contribution in [0.3, 0.4) is 0 Å². The van der Waals surface area contributed by atoms with Crippen LogP contribution in [-0.4, -0.2) is 55.2 Å². The summed E-state index contributed by atoms with van der Waals surface area (Å²) in [4.78, 5) is 21.5. The molecular weight excluding hydrogens is 437 g/mol. The molecule has 162 valence electrons. The van der Waals surface area contributed by atoms with Gasteiger partial charge in [-0.1, -0.05) is 47.2 Å². The molecule has 2 heterocycles. The smallest absolute Gasteiger partial charge is 0.252 e. The van der Waals surface area contributed by atoms with Gasteiger partial charge in [0.2, 0.25) is 0 Å². The number of amides is 1. The number of anilines is 1. The molecule has 0 aliphatic carbocycles. The van der Waals surface area contributed by atoms with E-state index in [0.717, 1.165) is 49.5 Å². The third kappa shape index (κ3) is 5.49. The molecule has 1 amide bonds. The molecule has 1 aromatic heterocycles. The summed E-state index contributed by atoms with van der Waals surface area (Å²) in [6, 6.07) is 12.2. The number of thiazole rings is 1. The van der Waals surface area contributed by atoms with Crippen molar-refractivity contribution in [3.05, 3.63) is 64.9 Å². The summed E-state index contributed by atoms with van der Waals surface area (Å²) < 4.78 is 20.3. The van der Waals surface area contributed by atoms with Gasteiger partial charge in [0.05, 0.1) is 17.9 Å². The second kappa shape index (κ2) is 10.3. The largest absolute Gasteiger partial charge is 0.379 e. The van der Waals surface area contributed by atoms with Crippen LogP contribution in [0, 0.1) is 5.82 Å². The lowest BCUT2D eigenvalue weighted by Crippen LogP contribution is -2.39. The summed E-state index contributed by atoms with van der Waals surface area (Å²) in [6.07, 6.45) is 3.98. The molecule has 0 radical (unpaired) electrons. The lowest BCUT2D eigenvalue weighted by Gasteiger charge is -2.27. The Balaban J connectivity index is 1.54. The highest BCUT2D eigenvalue weighted by atomic mass is 35.5. The second-order valence-electron chi connectivity index (χ2n) is 7.24. The second-order valence-corrected chi connectivity index (χ2v) is 8.65. The van der Waals surface area contributed by atoms with Gasteiger partial charge in [-0.25, -0.2) is 9.37 Å². The summed E-state index contributed by atoms with van der Waals surface area (Å²) in [6.45, 7) is 4.62. The molecule has 31 heavy (non-hydrogen) atoms. The van der Waals surface area contributed by atoms with Crippen molar-refractivity contribution in [1.29, 1.82) is 0 Å². The van der Waals surface area contributed by atoms with Gasteiger partial charge in [0.1, 0.15) is 11.3 Å². The maximum absolute atomic E-state index is 14.2. The first-order valence-corrected chi connectivity index (χ1v) is 11.4. The Labute approximate surface area is 189 Å². The lowest BCUT2D eigenvalue weighted by molar-refractivity contribution is -0.114. The van der Waals surface area contributed by atoms with E-state index in [2.05, 4.69) is 9.88 Å². The minimum atomic E-state index is -0.382. The quantitative estimate of drug-likeness (QED) is 0.473. The predicted molar refractivity (Wildman–Crippen MR) is 124 cm³/mol. The van der Waals surface area contributed by atoms with Gasteiger partial charge in [0, 0.05) is 37.3 Å². The van der Waals surface area contributed by atoms with Gasteiger partial charge in [-0.3, -0.25) is 14.6 Å². The van der Waals surface area contributed by atoms with Crippen molar-refractivity contribution < 1.29 is 13.9 Å². The minimum Gasteiger partial charge on any atom is -0.379 e. The molecule has 5 nitrogen and oxygen atoms in total. The van der Waals surface area contributed by atoms with Crippen molar-refractivity contribution in [2.75, 3.05) is 44.3 Å². The highest BCUT2D eigenvalue weighted by Gasteiger charge is 2.20. The Hall–Kier alpha value is -2.32. The van der Waals surface area contributed by atoms with Crippen LogP contribution in [0.15, 0.2) is 48.5 Å². The maximum atomic E-state index is 14.2. The van der Waals surface area contributed by atoms with Crippen LogP contribution in [0.25, 0.3) is 16.3 Å². The molecule has 0 unspecified atom stereocenters. The van der Waals surface area contributed by atoms with E-state index in [0.29, 0.717) is 22.2 Å². The maximum Gasteiger partial charge on any atom is 0.252 e. The molecule has 1 saturated heterocycles. The number of halogens is 2. The molecule has 0 saturated carbocycles. The van der Waals surface area contributed by atoms with Crippen LogP contribution >= 0.6 is 22.9 Å². The summed E-state index contributed by atoms with van der Waals surface area (Å²) >= 11 is 7.52. The molecule has 4 rings (SSSR count). The number of carbonyl (C=O) groups excluding carboxylic acids is 1. The van der Waals surface area contributed by atoms with Crippen molar-refractivity contribution in [3.63, 3.8) is 0 Å². The van der Waals surface area contributed by atoms with Gasteiger partial charge in [0.25, 0.3) is 5.91 Å². The molecule has 3 aromatic rings. The molecule has 0 bridgehead atoms. The topological polar surface area (TPSA) is 45.7 Å². The van der Waals surface area contributed by atoms with E-state index in [4.69, 9.17) is 16.3 Å². The first kappa shape index (κ1) is 21.9. The standard InChI is InChI=1S/C23H23ClFN3O2S/c24-18-6-2-1-5-17(18)9-10-21(29)28(12-4-11-27-13-15-30-16-14-27)23-26-22-19(25)7-3-8-20(22)31-23/h1-3,5-10H,4,11-16H2/b10-9+. The van der Waals surface area contributed by atoms with Crippen molar-refractivity contribution >= 4 is 50.3 Å². The Kier molecular flexibility index (Phi) is 7.29. The molecule has 8 heteroatoms. The zero-order valence-electron chi connectivity index (χ0n) is 17.0. The number of hydrogen-bond donors (Lipinski definition) is 0. The first-order chi connectivity index (χ1) is 15.1. The van der Waals surface area contributed by atoms with Gasteiger partial charge in [-0.05, 0) is 36.3 Å². The van der Waals surface area contributed by atoms with Gasteiger partial charge >= 0.3 is 0 Å². The van der Waals surface area contributed by atoms with E-state index >= 15 is 0 Å². The van der Waals surface area contributed by atoms with Crippen LogP contribution in [-0.2, 0) is 9.53 Å². The van der Waals surface area contributed by atoms with Gasteiger partial charge in [0.15, 0.2) is 5.13 Å². The summed E-state index contributed by atoms with van der Waals surface area (Å²) in [5.41, 5.74) is 1.06. The van der Waals surface area contributed by atoms with Crippen LogP contribution < -0.4 is 4.90 Å². The summed E-state index contributed by atoms with van der Waals surface area (Å²) in [5, 5.41) is 1.07. The molecule has 0 atom stereocenters. The minimum absolute atomic E-state index is 0.207. The number of hydrogen-bond acceptors (Lipinski definition) is 5. The molecule has 1 aliphatic heterocycles. The van der Waals surface area contributed by atoms with E-state index in [1.54, 1.807) is 23.1 Å². The van der Waals surface area contributed by atoms with Gasteiger partial charge < -0.3 is 4.74 Å². The zero-order valence-corrected chi connectivity index (χ0v) is 18.5. The number of aromatic nitrogens is 1. The number of benzene rings is 2. The molecule has 0 spiro atoms. The Bertz CT molecular complexity index is 1080. The van der Waals surface area contributed by atoms with Crippen LogP contribution in [0.1, 0.15) is 12.0 Å². The summed E-state index contributed by atoms with van der Waals surface area (Å²) in [5.74, 6) is -0.589. The fourth-order valence-corrected chi connectivity index (χ4v) is 4.67. The van der Waals surface area contributed by atoms with Crippen molar-refractivity contribution in [3.8, 4) is 0 Å². The fourth-order valence-electron chi connectivity index (χ4n) is 3.46. The third-order valence-corrected chi connectivity index (χ3v) is 6.51. The number of nitrogens with zero attached hydrogens (tertiary/aromatic N) is 3. The van der Waals surface area contributed by atoms with E-state index in [1.807, 2.05) is 24.3 Å². The number of ether oxygens (including phenoxy) is 1. The normalized spacial score (nSPS) is 15.0. The average molecular weight is 460 g/mol. The Morgan fingerprint density at radius 3 is 2.81 bits per heavy atom. The number of rotatable bonds is 7. The van der Waals surface area contributed by atoms with Crippen LogP contribution in [0.4, 0.5) is 9.52 Å². The van der Waals surface area contributed by atoms with Crippen molar-refractivity contribution in [1.82, 2.24) is 9.88 Å². The Morgan fingerprint density at radius 1 is 1.23 bits per heavy atom. The van der Waals surface area contributed by atoms with Crippen molar-refractivity contribution in [2.45, 2.75) is 6.42 Å². The first-order valence-electron chi connectivity index (χ1n) is 10.2. The van der Waals surface area contributed by atoms with E-state index < -0.39 is 0 Å². The average Bonchev–Trinajstić information content (AvgIpc) is 3.22. The molecule has 1 fully saturated rings. The molecule has 2 aromatic carbocycles. The summed E-state index contributed by atoms with van der Waals surface area (Å²) in [7, 11) is 0. The molecular formula is C23H23ClFN3O2S. The number of para-hydroxylation sites is 1. The van der Waals surface area contributed by atoms with Gasteiger partial charge in [-0.2, -0.15) is 0 Å². The van der Waals surface area contributed by atoms with Crippen LogP contribution in [0.5, 0.6) is 0 Å². The Morgan fingerprint density at radius 2 is 2.03 bits per heavy atom. The third-order valence-electron chi connectivity index (χ3n) is 5.13. The van der Waals surface area contributed by atoms with Gasteiger partial charge in [-0.15, -0.1) is 0 Å². The molecule has 0 N–H and O–H groups in total. The lowest BCUT2D eigenvalue weighted by atomic mass is 10.2. The fraction of sp³-hybridized carbons (Fsp3) is 0.304. The van der Waals surface area contributed by atoms with E-state index in [1.165, 1.54) is 23.5 Å². The molecule has 1 aliphatic rings.